The zero-order valence-electron chi connectivity index (χ0n) is 10.4. The second kappa shape index (κ2) is 5.05. The monoisotopic (exact) mass is 235 g/mol. The first kappa shape index (κ1) is 11.7. The van der Waals surface area contributed by atoms with Gasteiger partial charge in [0, 0.05) is 12.7 Å². The maximum Gasteiger partial charge on any atom is 0.194 e. The summed E-state index contributed by atoms with van der Waals surface area (Å²) in [5.41, 5.74) is 1.14. The number of hydrogen-bond acceptors (Lipinski definition) is 5. The van der Waals surface area contributed by atoms with Crippen LogP contribution in [0.2, 0.25) is 0 Å². The molecule has 2 aromatic rings. The summed E-state index contributed by atoms with van der Waals surface area (Å²) in [6, 6.07) is 0. The van der Waals surface area contributed by atoms with Gasteiger partial charge in [-0.2, -0.15) is 4.80 Å². The van der Waals surface area contributed by atoms with E-state index in [4.69, 9.17) is 0 Å². The molecule has 0 saturated heterocycles. The molecule has 0 radical (unpaired) electrons. The average Bonchev–Trinajstić information content (AvgIpc) is 2.86. The molecule has 92 valence electrons. The Morgan fingerprint density at radius 3 is 2.88 bits per heavy atom. The zero-order valence-corrected chi connectivity index (χ0v) is 10.4. The van der Waals surface area contributed by atoms with E-state index in [1.165, 1.54) is 4.80 Å². The molecule has 2 heterocycles. The fourth-order valence-corrected chi connectivity index (χ4v) is 1.65. The zero-order chi connectivity index (χ0) is 12.3. The average molecular weight is 235 g/mol. The van der Waals surface area contributed by atoms with Crippen molar-refractivity contribution in [1.82, 2.24) is 35.1 Å². The van der Waals surface area contributed by atoms with Crippen molar-refractivity contribution in [1.29, 1.82) is 0 Å². The quantitative estimate of drug-likeness (QED) is 0.781. The van der Waals surface area contributed by atoms with Crippen LogP contribution in [0.15, 0.2) is 6.20 Å². The number of rotatable bonds is 5. The summed E-state index contributed by atoms with van der Waals surface area (Å²) in [6.45, 7) is 6.41. The lowest BCUT2D eigenvalue weighted by Gasteiger charge is -2.07. The van der Waals surface area contributed by atoms with Crippen LogP contribution in [0.1, 0.15) is 24.3 Å². The highest BCUT2D eigenvalue weighted by molar-refractivity contribution is 5.06. The predicted molar refractivity (Wildman–Crippen MR) is 62.2 cm³/mol. The van der Waals surface area contributed by atoms with Gasteiger partial charge in [-0.25, -0.2) is 4.98 Å². The maximum atomic E-state index is 4.31. The number of nitrogens with one attached hydrogen (secondary N) is 1. The smallest absolute Gasteiger partial charge is 0.194 e. The summed E-state index contributed by atoms with van der Waals surface area (Å²) in [4.78, 5) is 5.78. The summed E-state index contributed by atoms with van der Waals surface area (Å²) in [5.74, 6) is 1.66. The minimum absolute atomic E-state index is 0.612. The highest BCUT2D eigenvalue weighted by Crippen LogP contribution is 2.06. The molecule has 2 rings (SSSR count). The molecule has 2 aromatic heterocycles. The van der Waals surface area contributed by atoms with Crippen molar-refractivity contribution in [2.45, 2.75) is 26.9 Å². The fraction of sp³-hybridized carbons (Fsp3) is 0.600. The van der Waals surface area contributed by atoms with Gasteiger partial charge in [0.2, 0.25) is 0 Å². The Hall–Kier alpha value is -1.76. The third-order valence-corrected chi connectivity index (χ3v) is 2.54. The summed E-state index contributed by atoms with van der Waals surface area (Å²) < 4.78 is 2.10. The Morgan fingerprint density at radius 2 is 2.24 bits per heavy atom. The minimum atomic E-state index is 0.612. The van der Waals surface area contributed by atoms with E-state index in [0.29, 0.717) is 12.4 Å². The van der Waals surface area contributed by atoms with Crippen LogP contribution in [-0.4, -0.2) is 36.3 Å². The van der Waals surface area contributed by atoms with Gasteiger partial charge in [-0.1, -0.05) is 6.92 Å². The van der Waals surface area contributed by atoms with E-state index < -0.39 is 0 Å². The van der Waals surface area contributed by atoms with Gasteiger partial charge in [-0.15, -0.1) is 10.2 Å². The summed E-state index contributed by atoms with van der Waals surface area (Å²) in [5, 5.41) is 15.3. The molecule has 0 aliphatic rings. The van der Waals surface area contributed by atoms with Gasteiger partial charge in [0.25, 0.3) is 0 Å². The first-order valence-electron chi connectivity index (χ1n) is 5.65. The Kier molecular flexibility index (Phi) is 3.48. The van der Waals surface area contributed by atoms with Crippen molar-refractivity contribution in [2.24, 2.45) is 7.05 Å². The molecule has 7 heteroatoms. The van der Waals surface area contributed by atoms with Crippen molar-refractivity contribution >= 4 is 0 Å². The molecule has 0 aromatic carbocycles. The van der Waals surface area contributed by atoms with Crippen LogP contribution in [0.5, 0.6) is 0 Å². The van der Waals surface area contributed by atoms with Gasteiger partial charge >= 0.3 is 0 Å². The van der Waals surface area contributed by atoms with E-state index >= 15 is 0 Å². The Bertz CT molecular complexity index is 485. The first-order valence-corrected chi connectivity index (χ1v) is 5.65. The van der Waals surface area contributed by atoms with E-state index in [1.807, 2.05) is 13.1 Å². The molecular formula is C10H17N7. The molecule has 0 fully saturated rings. The number of hydrogen-bond donors (Lipinski definition) is 1. The molecule has 0 saturated carbocycles. The van der Waals surface area contributed by atoms with E-state index in [1.54, 1.807) is 7.05 Å². The van der Waals surface area contributed by atoms with Gasteiger partial charge in [0.15, 0.2) is 5.82 Å². The lowest BCUT2D eigenvalue weighted by Crippen LogP contribution is -2.16. The van der Waals surface area contributed by atoms with Crippen LogP contribution in [-0.2, 0) is 20.1 Å². The first-order chi connectivity index (χ1) is 8.20. The van der Waals surface area contributed by atoms with Gasteiger partial charge in [-0.05, 0) is 18.7 Å². The molecular weight excluding hydrogens is 218 g/mol. The van der Waals surface area contributed by atoms with Crippen molar-refractivity contribution in [3.8, 4) is 0 Å². The lowest BCUT2D eigenvalue weighted by atomic mass is 10.4. The molecule has 1 N–H and O–H groups in total. The third kappa shape index (κ3) is 2.68. The fourth-order valence-electron chi connectivity index (χ4n) is 1.65. The molecule has 0 amide bonds. The van der Waals surface area contributed by atoms with E-state index in [2.05, 4.69) is 37.2 Å². The Balaban J connectivity index is 2.16. The van der Waals surface area contributed by atoms with Crippen molar-refractivity contribution in [2.75, 3.05) is 6.54 Å². The largest absolute Gasteiger partial charge is 0.323 e. The van der Waals surface area contributed by atoms with Crippen molar-refractivity contribution < 1.29 is 0 Å². The van der Waals surface area contributed by atoms with Crippen LogP contribution in [0.25, 0.3) is 0 Å². The molecule has 0 unspecified atom stereocenters. The molecule has 0 atom stereocenters. The summed E-state index contributed by atoms with van der Waals surface area (Å²) in [7, 11) is 1.76. The minimum Gasteiger partial charge on any atom is -0.323 e. The predicted octanol–water partition coefficient (Wildman–Crippen LogP) is -0.127. The molecule has 0 bridgehead atoms. The Morgan fingerprint density at radius 1 is 1.41 bits per heavy atom. The van der Waals surface area contributed by atoms with Crippen LogP contribution >= 0.6 is 0 Å². The second-order valence-electron chi connectivity index (χ2n) is 3.86. The number of tetrazole rings is 1. The van der Waals surface area contributed by atoms with E-state index in [0.717, 1.165) is 24.6 Å². The van der Waals surface area contributed by atoms with Crippen molar-refractivity contribution in [3.63, 3.8) is 0 Å². The number of aromatic nitrogens is 6. The van der Waals surface area contributed by atoms with E-state index in [9.17, 15) is 0 Å². The topological polar surface area (TPSA) is 73.5 Å². The summed E-state index contributed by atoms with van der Waals surface area (Å²) in [6.07, 6.45) is 1.88. The Labute approximate surface area is 99.9 Å². The van der Waals surface area contributed by atoms with Crippen LogP contribution in [0, 0.1) is 6.92 Å². The molecule has 7 nitrogen and oxygen atoms in total. The third-order valence-electron chi connectivity index (χ3n) is 2.54. The van der Waals surface area contributed by atoms with Gasteiger partial charge in [0.1, 0.15) is 5.82 Å². The maximum absolute atomic E-state index is 4.31. The molecule has 0 aliphatic heterocycles. The highest BCUT2D eigenvalue weighted by atomic mass is 15.6. The normalized spacial score (nSPS) is 11.0. The van der Waals surface area contributed by atoms with Gasteiger partial charge < -0.3 is 9.88 Å². The number of imidazole rings is 1. The molecule has 17 heavy (non-hydrogen) atoms. The second-order valence-corrected chi connectivity index (χ2v) is 3.86. The van der Waals surface area contributed by atoms with Crippen LogP contribution < -0.4 is 5.32 Å². The summed E-state index contributed by atoms with van der Waals surface area (Å²) >= 11 is 0. The van der Waals surface area contributed by atoms with Crippen LogP contribution in [0.3, 0.4) is 0 Å². The van der Waals surface area contributed by atoms with Crippen LogP contribution in [0.4, 0.5) is 0 Å². The molecule has 0 spiro atoms. The van der Waals surface area contributed by atoms with Gasteiger partial charge in [-0.3, -0.25) is 0 Å². The highest BCUT2D eigenvalue weighted by Gasteiger charge is 2.09. The van der Waals surface area contributed by atoms with Crippen molar-refractivity contribution in [3.05, 3.63) is 23.5 Å². The lowest BCUT2D eigenvalue weighted by molar-refractivity contribution is 0.614. The standard InChI is InChI=1S/C10H17N7/c1-4-11-5-9-6-12-8(2)17(9)7-10-13-15-16(3)14-10/h6,11H,4-5,7H2,1-3H3. The SMILES string of the molecule is CCNCc1cnc(C)n1Cc1nnn(C)n1. The molecule has 0 aliphatic carbocycles. The number of aryl methyl sites for hydroxylation is 2. The van der Waals surface area contributed by atoms with Gasteiger partial charge in [0.05, 0.1) is 19.3 Å². The number of nitrogens with zero attached hydrogens (tertiary/aromatic N) is 6. The van der Waals surface area contributed by atoms with E-state index in [-0.39, 0.29) is 0 Å².